The summed E-state index contributed by atoms with van der Waals surface area (Å²) in [4.78, 5) is 11.4. The molecular weight excluding hydrogens is 309 g/mol. The number of hydrogen-bond donors (Lipinski definition) is 0. The van der Waals surface area contributed by atoms with E-state index in [9.17, 15) is 18.0 Å². The van der Waals surface area contributed by atoms with Crippen LogP contribution in [-0.2, 0) is 14.3 Å². The zero-order valence-corrected chi connectivity index (χ0v) is 13.3. The van der Waals surface area contributed by atoms with Crippen LogP contribution in [0.25, 0.3) is 0 Å². The molecule has 1 fully saturated rings. The van der Waals surface area contributed by atoms with Crippen molar-refractivity contribution in [1.82, 2.24) is 0 Å². The van der Waals surface area contributed by atoms with Crippen LogP contribution in [0.2, 0.25) is 0 Å². The highest BCUT2D eigenvalue weighted by molar-refractivity contribution is 5.84. The van der Waals surface area contributed by atoms with Crippen LogP contribution in [0, 0.1) is 6.92 Å². The first-order chi connectivity index (χ1) is 10.8. The number of benzene rings is 1. The smallest absolute Gasteiger partial charge is 0.348 e. The quantitative estimate of drug-likeness (QED) is 0.800. The highest BCUT2D eigenvalue weighted by Gasteiger charge is 2.39. The Labute approximate surface area is 133 Å². The Morgan fingerprint density at radius 2 is 1.96 bits per heavy atom. The normalized spacial score (nSPS) is 18.0. The van der Waals surface area contributed by atoms with Crippen molar-refractivity contribution in [2.24, 2.45) is 0 Å². The number of aryl methyl sites for hydroxylation is 1. The Hall–Kier alpha value is -1.40. The Morgan fingerprint density at radius 3 is 2.52 bits per heavy atom. The minimum atomic E-state index is -4.80. The van der Waals surface area contributed by atoms with E-state index in [4.69, 9.17) is 9.47 Å². The summed E-state index contributed by atoms with van der Waals surface area (Å²) in [7, 11) is 0. The van der Waals surface area contributed by atoms with E-state index >= 15 is 0 Å². The number of carbonyl (C=O) groups is 1. The Balaban J connectivity index is 2.30. The fraction of sp³-hybridized carbons (Fsp3) is 0.588. The summed E-state index contributed by atoms with van der Waals surface area (Å²) in [6.45, 7) is 4.75. The van der Waals surface area contributed by atoms with Gasteiger partial charge in [0, 0.05) is 12.0 Å². The molecule has 1 atom stereocenters. The summed E-state index contributed by atoms with van der Waals surface area (Å²) in [6, 6.07) is 5.52. The molecule has 6 heteroatoms. The number of halogens is 3. The zero-order valence-electron chi connectivity index (χ0n) is 13.3. The molecule has 1 aliphatic rings. The molecule has 0 aliphatic carbocycles. The molecule has 23 heavy (non-hydrogen) atoms. The van der Waals surface area contributed by atoms with Gasteiger partial charge in [-0.2, -0.15) is 13.2 Å². The summed E-state index contributed by atoms with van der Waals surface area (Å²) in [5, 5.41) is 0. The fourth-order valence-corrected chi connectivity index (χ4v) is 2.74. The summed E-state index contributed by atoms with van der Waals surface area (Å²) < 4.78 is 49.0. The largest absolute Gasteiger partial charge is 0.449 e. The third kappa shape index (κ3) is 4.54. The zero-order chi connectivity index (χ0) is 17.0. The molecule has 0 N–H and O–H groups in total. The molecule has 1 aromatic rings. The van der Waals surface area contributed by atoms with Crippen molar-refractivity contribution >= 4 is 5.78 Å². The van der Waals surface area contributed by atoms with Crippen molar-refractivity contribution in [3.63, 3.8) is 0 Å². The van der Waals surface area contributed by atoms with Crippen LogP contribution in [-0.4, -0.2) is 25.2 Å². The first-order valence-electron chi connectivity index (χ1n) is 7.76. The van der Waals surface area contributed by atoms with Gasteiger partial charge in [-0.1, -0.05) is 30.7 Å². The lowest BCUT2D eigenvalue weighted by Crippen LogP contribution is -2.25. The van der Waals surface area contributed by atoms with Crippen LogP contribution in [0.3, 0.4) is 0 Å². The van der Waals surface area contributed by atoms with Gasteiger partial charge in [0.2, 0.25) is 5.78 Å². The van der Waals surface area contributed by atoms with Gasteiger partial charge in [0.05, 0.1) is 13.2 Å². The maximum Gasteiger partial charge on any atom is 0.449 e. The van der Waals surface area contributed by atoms with Crippen molar-refractivity contribution in [1.29, 1.82) is 0 Å². The van der Waals surface area contributed by atoms with Gasteiger partial charge in [-0.15, -0.1) is 0 Å². The van der Waals surface area contributed by atoms with Crippen molar-refractivity contribution in [2.75, 3.05) is 13.2 Å². The number of carbonyl (C=O) groups excluding carboxylic acids is 1. The van der Waals surface area contributed by atoms with Crippen LogP contribution >= 0.6 is 0 Å². The number of alkyl halides is 3. The van der Waals surface area contributed by atoms with Crippen LogP contribution < -0.4 is 0 Å². The predicted molar refractivity (Wildman–Crippen MR) is 79.2 cm³/mol. The van der Waals surface area contributed by atoms with Gasteiger partial charge in [0.25, 0.3) is 0 Å². The number of Topliss-reactive ketones (excluding diaryl/α,β-unsaturated/α-hetero) is 1. The average Bonchev–Trinajstić information content (AvgIpc) is 2.52. The molecule has 0 amide bonds. The summed E-state index contributed by atoms with van der Waals surface area (Å²) in [5.41, 5.74) is 2.35. The Morgan fingerprint density at radius 1 is 1.30 bits per heavy atom. The average molecular weight is 330 g/mol. The molecule has 0 bridgehead atoms. The lowest BCUT2D eigenvalue weighted by Gasteiger charge is -2.28. The third-order valence-corrected chi connectivity index (χ3v) is 4.00. The Kier molecular flexibility index (Phi) is 5.81. The van der Waals surface area contributed by atoms with Crippen molar-refractivity contribution in [3.8, 4) is 0 Å². The van der Waals surface area contributed by atoms with E-state index in [0.29, 0.717) is 25.2 Å². The number of rotatable bonds is 5. The predicted octanol–water partition coefficient (Wildman–Crippen LogP) is 4.45. The standard InChI is InChI=1S/C17H21F3O3/c1-3-12(10-15(21)17(18,19)20)14-9-11(2)5-6-13(14)16-22-7-4-8-23-16/h5-6,9,12,16H,3-4,7-8,10H2,1-2H3. The molecule has 1 heterocycles. The number of hydrogen-bond acceptors (Lipinski definition) is 3. The second kappa shape index (κ2) is 7.45. The monoisotopic (exact) mass is 330 g/mol. The Bertz CT molecular complexity index is 549. The van der Waals surface area contributed by atoms with Crippen LogP contribution in [0.4, 0.5) is 13.2 Å². The summed E-state index contributed by atoms with van der Waals surface area (Å²) >= 11 is 0. The van der Waals surface area contributed by atoms with Gasteiger partial charge in [0.15, 0.2) is 6.29 Å². The molecule has 0 saturated carbocycles. The van der Waals surface area contributed by atoms with Gasteiger partial charge in [-0.05, 0) is 31.2 Å². The molecule has 1 aliphatic heterocycles. The molecule has 128 valence electrons. The molecule has 0 radical (unpaired) electrons. The van der Waals surface area contributed by atoms with E-state index < -0.39 is 30.6 Å². The van der Waals surface area contributed by atoms with Gasteiger partial charge < -0.3 is 9.47 Å². The van der Waals surface area contributed by atoms with Gasteiger partial charge >= 0.3 is 6.18 Å². The third-order valence-electron chi connectivity index (χ3n) is 4.00. The number of ketones is 1. The fourth-order valence-electron chi connectivity index (χ4n) is 2.74. The number of ether oxygens (including phenoxy) is 2. The van der Waals surface area contributed by atoms with Crippen LogP contribution in [0.1, 0.15) is 55.1 Å². The van der Waals surface area contributed by atoms with E-state index in [2.05, 4.69) is 0 Å². The topological polar surface area (TPSA) is 35.5 Å². The molecule has 3 nitrogen and oxygen atoms in total. The van der Waals surface area contributed by atoms with E-state index in [1.807, 2.05) is 25.1 Å². The molecule has 0 spiro atoms. The maximum absolute atomic E-state index is 12.6. The molecule has 1 saturated heterocycles. The van der Waals surface area contributed by atoms with E-state index in [0.717, 1.165) is 17.5 Å². The lowest BCUT2D eigenvalue weighted by molar-refractivity contribution is -0.183. The minimum absolute atomic E-state index is 0.436. The van der Waals surface area contributed by atoms with E-state index in [-0.39, 0.29) is 0 Å². The first kappa shape index (κ1) is 17.9. The second-order valence-electron chi connectivity index (χ2n) is 5.79. The summed E-state index contributed by atoms with van der Waals surface area (Å²) in [5.74, 6) is -2.20. The van der Waals surface area contributed by atoms with Gasteiger partial charge in [-0.3, -0.25) is 4.79 Å². The molecular formula is C17H21F3O3. The lowest BCUT2D eigenvalue weighted by atomic mass is 9.86. The van der Waals surface area contributed by atoms with Crippen molar-refractivity contribution in [2.45, 2.75) is 51.5 Å². The molecule has 1 unspecified atom stereocenters. The van der Waals surface area contributed by atoms with Crippen molar-refractivity contribution < 1.29 is 27.4 Å². The molecule has 1 aromatic carbocycles. The van der Waals surface area contributed by atoms with Crippen molar-refractivity contribution in [3.05, 3.63) is 34.9 Å². The minimum Gasteiger partial charge on any atom is -0.348 e. The maximum atomic E-state index is 12.6. The van der Waals surface area contributed by atoms with Gasteiger partial charge in [-0.25, -0.2) is 0 Å². The van der Waals surface area contributed by atoms with Crippen LogP contribution in [0.5, 0.6) is 0 Å². The highest BCUT2D eigenvalue weighted by atomic mass is 19.4. The van der Waals surface area contributed by atoms with Gasteiger partial charge in [0.1, 0.15) is 0 Å². The highest BCUT2D eigenvalue weighted by Crippen LogP contribution is 2.35. The van der Waals surface area contributed by atoms with E-state index in [1.54, 1.807) is 6.92 Å². The van der Waals surface area contributed by atoms with Crippen LogP contribution in [0.15, 0.2) is 18.2 Å². The SMILES string of the molecule is CCC(CC(=O)C(F)(F)F)c1cc(C)ccc1C1OCCCO1. The summed E-state index contributed by atoms with van der Waals surface area (Å²) in [6.07, 6.45) is -4.69. The van der Waals surface area contributed by atoms with E-state index in [1.165, 1.54) is 0 Å². The molecule has 0 aromatic heterocycles. The molecule has 2 rings (SSSR count). The first-order valence-corrected chi connectivity index (χ1v) is 7.76. The second-order valence-corrected chi connectivity index (χ2v) is 5.79.